The average Bonchev–Trinajstić information content (AvgIpc) is 2.95. The molecular formula is C20H24N2O4S. The Hall–Kier alpha value is -2.38. The number of carbonyl (C=O) groups is 1. The molecule has 2 aromatic rings. The van der Waals surface area contributed by atoms with E-state index in [4.69, 9.17) is 4.74 Å². The third-order valence-corrected chi connectivity index (χ3v) is 6.56. The summed E-state index contributed by atoms with van der Waals surface area (Å²) in [4.78, 5) is 14.7. The molecule has 144 valence electrons. The molecule has 0 aromatic heterocycles. The first-order valence-electron chi connectivity index (χ1n) is 8.77. The first kappa shape index (κ1) is 19.4. The number of fused-ring (bicyclic) bond motifs is 1. The van der Waals surface area contributed by atoms with Crippen molar-refractivity contribution in [1.29, 1.82) is 0 Å². The maximum absolute atomic E-state index is 12.7. The summed E-state index contributed by atoms with van der Waals surface area (Å²) in [5.41, 5.74) is 2.76. The zero-order valence-electron chi connectivity index (χ0n) is 16.0. The number of sulfonamides is 1. The number of amides is 1. The van der Waals surface area contributed by atoms with Crippen LogP contribution in [0.1, 0.15) is 18.1 Å². The van der Waals surface area contributed by atoms with Gasteiger partial charge in [0.2, 0.25) is 10.0 Å². The number of rotatable bonds is 5. The van der Waals surface area contributed by atoms with E-state index in [0.29, 0.717) is 11.3 Å². The lowest BCUT2D eigenvalue weighted by Crippen LogP contribution is -2.39. The molecule has 0 aliphatic carbocycles. The molecule has 1 atom stereocenters. The Bertz CT molecular complexity index is 970. The van der Waals surface area contributed by atoms with Crippen molar-refractivity contribution in [3.05, 3.63) is 53.6 Å². The monoisotopic (exact) mass is 388 g/mol. The number of aryl methyl sites for hydroxylation is 1. The van der Waals surface area contributed by atoms with Crippen LogP contribution in [-0.4, -0.2) is 45.4 Å². The Balaban J connectivity index is 1.73. The average molecular weight is 388 g/mol. The molecule has 0 bridgehead atoms. The lowest BCUT2D eigenvalue weighted by Gasteiger charge is -2.23. The molecule has 0 fully saturated rings. The molecule has 0 radical (unpaired) electrons. The molecule has 3 rings (SSSR count). The number of benzene rings is 2. The van der Waals surface area contributed by atoms with Crippen LogP contribution in [0.5, 0.6) is 5.75 Å². The van der Waals surface area contributed by atoms with Gasteiger partial charge in [0, 0.05) is 25.8 Å². The van der Waals surface area contributed by atoms with Crippen molar-refractivity contribution in [3.8, 4) is 5.75 Å². The van der Waals surface area contributed by atoms with Gasteiger partial charge in [-0.25, -0.2) is 12.7 Å². The second-order valence-electron chi connectivity index (χ2n) is 6.95. The van der Waals surface area contributed by atoms with Gasteiger partial charge >= 0.3 is 0 Å². The summed E-state index contributed by atoms with van der Waals surface area (Å²) in [5, 5.41) is 0. The van der Waals surface area contributed by atoms with Crippen molar-refractivity contribution in [2.45, 2.75) is 31.2 Å². The predicted octanol–water partition coefficient (Wildman–Crippen LogP) is 2.60. The summed E-state index contributed by atoms with van der Waals surface area (Å²) in [6.45, 7) is 3.69. The molecule has 0 saturated heterocycles. The Morgan fingerprint density at radius 3 is 2.59 bits per heavy atom. The van der Waals surface area contributed by atoms with E-state index < -0.39 is 10.0 Å². The molecule has 1 aliphatic rings. The molecular weight excluding hydrogens is 364 g/mol. The SMILES string of the molecule is Cc1cc(S(=O)(=O)N(C)C)ccc1OCC(=O)N1c2ccccc2CC1C. The van der Waals surface area contributed by atoms with Gasteiger partial charge in [-0.05, 0) is 55.7 Å². The highest BCUT2D eigenvalue weighted by atomic mass is 32.2. The van der Waals surface area contributed by atoms with Crippen LogP contribution in [-0.2, 0) is 21.2 Å². The fraction of sp³-hybridized carbons (Fsp3) is 0.350. The lowest BCUT2D eigenvalue weighted by molar-refractivity contribution is -0.120. The van der Waals surface area contributed by atoms with Crippen LogP contribution in [0.4, 0.5) is 5.69 Å². The van der Waals surface area contributed by atoms with Crippen molar-refractivity contribution in [3.63, 3.8) is 0 Å². The first-order chi connectivity index (χ1) is 12.7. The van der Waals surface area contributed by atoms with E-state index in [1.165, 1.54) is 20.2 Å². The van der Waals surface area contributed by atoms with Crippen LogP contribution in [0, 0.1) is 6.92 Å². The highest BCUT2D eigenvalue weighted by Gasteiger charge is 2.30. The van der Waals surface area contributed by atoms with Crippen LogP contribution in [0.2, 0.25) is 0 Å². The van der Waals surface area contributed by atoms with Crippen molar-refractivity contribution in [1.82, 2.24) is 4.31 Å². The lowest BCUT2D eigenvalue weighted by atomic mass is 10.1. The van der Waals surface area contributed by atoms with E-state index in [2.05, 4.69) is 0 Å². The van der Waals surface area contributed by atoms with Gasteiger partial charge in [0.25, 0.3) is 5.91 Å². The summed E-state index contributed by atoms with van der Waals surface area (Å²) in [6, 6.07) is 12.6. The molecule has 1 heterocycles. The van der Waals surface area contributed by atoms with E-state index in [-0.39, 0.29) is 23.5 Å². The Labute approximate surface area is 160 Å². The van der Waals surface area contributed by atoms with Crippen LogP contribution in [0.25, 0.3) is 0 Å². The van der Waals surface area contributed by atoms with Crippen LogP contribution < -0.4 is 9.64 Å². The predicted molar refractivity (Wildman–Crippen MR) is 105 cm³/mol. The van der Waals surface area contributed by atoms with Crippen molar-refractivity contribution >= 4 is 21.6 Å². The van der Waals surface area contributed by atoms with Crippen molar-refractivity contribution in [2.75, 3.05) is 25.6 Å². The standard InChI is InChI=1S/C20H24N2O4S/c1-14-11-17(27(24,25)21(3)4)9-10-19(14)26-13-20(23)22-15(2)12-16-7-5-6-8-18(16)22/h5-11,15H,12-13H2,1-4H3. The number of nitrogens with zero attached hydrogens (tertiary/aromatic N) is 2. The molecule has 2 aromatic carbocycles. The van der Waals surface area contributed by atoms with E-state index in [9.17, 15) is 13.2 Å². The minimum atomic E-state index is -3.50. The van der Waals surface area contributed by atoms with Crippen LogP contribution >= 0.6 is 0 Å². The highest BCUT2D eigenvalue weighted by Crippen LogP contribution is 2.32. The van der Waals surface area contributed by atoms with Gasteiger partial charge in [-0.15, -0.1) is 0 Å². The number of para-hydroxylation sites is 1. The Kier molecular flexibility index (Phi) is 5.26. The normalized spacial score (nSPS) is 16.5. The molecule has 27 heavy (non-hydrogen) atoms. The fourth-order valence-electron chi connectivity index (χ4n) is 3.31. The first-order valence-corrected chi connectivity index (χ1v) is 10.2. The molecule has 1 aliphatic heterocycles. The van der Waals surface area contributed by atoms with Crippen LogP contribution in [0.15, 0.2) is 47.4 Å². The largest absolute Gasteiger partial charge is 0.483 e. The number of carbonyl (C=O) groups excluding carboxylic acids is 1. The molecule has 0 saturated carbocycles. The van der Waals surface area contributed by atoms with Gasteiger partial charge in [-0.1, -0.05) is 18.2 Å². The van der Waals surface area contributed by atoms with Gasteiger partial charge in [-0.3, -0.25) is 4.79 Å². The van der Waals surface area contributed by atoms with Gasteiger partial charge in [-0.2, -0.15) is 0 Å². The van der Waals surface area contributed by atoms with Gasteiger partial charge < -0.3 is 9.64 Å². The van der Waals surface area contributed by atoms with E-state index in [1.807, 2.05) is 31.2 Å². The molecule has 1 amide bonds. The molecule has 1 unspecified atom stereocenters. The number of anilines is 1. The zero-order valence-corrected chi connectivity index (χ0v) is 16.8. The molecule has 7 heteroatoms. The molecule has 0 N–H and O–H groups in total. The second kappa shape index (κ2) is 7.32. The molecule has 6 nitrogen and oxygen atoms in total. The highest BCUT2D eigenvalue weighted by molar-refractivity contribution is 7.89. The van der Waals surface area contributed by atoms with Crippen LogP contribution in [0.3, 0.4) is 0 Å². The summed E-state index contributed by atoms with van der Waals surface area (Å²) in [5.74, 6) is 0.387. The number of hydrogen-bond donors (Lipinski definition) is 0. The summed E-state index contributed by atoms with van der Waals surface area (Å²) >= 11 is 0. The third kappa shape index (κ3) is 3.70. The quantitative estimate of drug-likeness (QED) is 0.790. The fourth-order valence-corrected chi connectivity index (χ4v) is 4.30. The minimum absolute atomic E-state index is 0.0900. The van der Waals surface area contributed by atoms with E-state index in [0.717, 1.165) is 22.0 Å². The third-order valence-electron chi connectivity index (χ3n) is 4.75. The summed E-state index contributed by atoms with van der Waals surface area (Å²) < 4.78 is 31.3. The summed E-state index contributed by atoms with van der Waals surface area (Å²) in [7, 11) is -0.521. The Morgan fingerprint density at radius 2 is 1.93 bits per heavy atom. The van der Waals surface area contributed by atoms with E-state index in [1.54, 1.807) is 24.0 Å². The smallest absolute Gasteiger partial charge is 0.265 e. The minimum Gasteiger partial charge on any atom is -0.483 e. The van der Waals surface area contributed by atoms with Crippen molar-refractivity contribution < 1.29 is 17.9 Å². The van der Waals surface area contributed by atoms with Crippen molar-refractivity contribution in [2.24, 2.45) is 0 Å². The Morgan fingerprint density at radius 1 is 1.22 bits per heavy atom. The number of ether oxygens (including phenoxy) is 1. The van der Waals surface area contributed by atoms with E-state index >= 15 is 0 Å². The topological polar surface area (TPSA) is 66.9 Å². The van der Waals surface area contributed by atoms with Gasteiger partial charge in [0.15, 0.2) is 6.61 Å². The second-order valence-corrected chi connectivity index (χ2v) is 9.10. The van der Waals surface area contributed by atoms with Gasteiger partial charge in [0.1, 0.15) is 5.75 Å². The summed E-state index contributed by atoms with van der Waals surface area (Å²) in [6.07, 6.45) is 0.831. The van der Waals surface area contributed by atoms with Gasteiger partial charge in [0.05, 0.1) is 4.90 Å². The maximum Gasteiger partial charge on any atom is 0.265 e. The molecule has 0 spiro atoms. The maximum atomic E-state index is 12.7. The zero-order chi connectivity index (χ0) is 19.8. The number of hydrogen-bond acceptors (Lipinski definition) is 4.